The van der Waals surface area contributed by atoms with Gasteiger partial charge in [0.2, 0.25) is 0 Å². The van der Waals surface area contributed by atoms with E-state index in [0.717, 1.165) is 22.7 Å². The van der Waals surface area contributed by atoms with E-state index in [4.69, 9.17) is 9.47 Å². The van der Waals surface area contributed by atoms with Gasteiger partial charge in [0.15, 0.2) is 0 Å². The first-order valence-corrected chi connectivity index (χ1v) is 8.62. The van der Waals surface area contributed by atoms with Crippen molar-refractivity contribution in [3.8, 4) is 0 Å². The molecule has 0 aliphatic carbocycles. The van der Waals surface area contributed by atoms with E-state index in [0.29, 0.717) is 6.42 Å². The van der Waals surface area contributed by atoms with Crippen molar-refractivity contribution in [2.75, 3.05) is 7.11 Å². The number of carbonyl (C=O) groups excluding carboxylic acids is 1. The number of cyclic esters (lactones) is 1. The van der Waals surface area contributed by atoms with Gasteiger partial charge in [0.25, 0.3) is 0 Å². The molecule has 0 aromatic heterocycles. The smallest absolute Gasteiger partial charge is 0.306 e. The Kier molecular flexibility index (Phi) is 9.48. The van der Waals surface area contributed by atoms with Crippen LogP contribution in [-0.4, -0.2) is 25.3 Å². The van der Waals surface area contributed by atoms with Gasteiger partial charge in [-0.15, -0.1) is 0 Å². The van der Waals surface area contributed by atoms with Gasteiger partial charge in [-0.1, -0.05) is 24.6 Å². The number of esters is 1. The largest absolute Gasteiger partial charge is 0.459 e. The predicted molar refractivity (Wildman–Crippen MR) is 88.1 cm³/mol. The van der Waals surface area contributed by atoms with Gasteiger partial charge in [-0.25, -0.2) is 0 Å². The van der Waals surface area contributed by atoms with Gasteiger partial charge in [0, 0.05) is 13.5 Å². The molecule has 0 unspecified atom stereocenters. The lowest BCUT2D eigenvalue weighted by molar-refractivity contribution is -0.144. The molecule has 0 amide bonds. The molecule has 0 radical (unpaired) electrons. The molecule has 1 aliphatic heterocycles. The van der Waals surface area contributed by atoms with Crippen LogP contribution in [-0.2, 0) is 14.3 Å². The maximum Gasteiger partial charge on any atom is 0.306 e. The molecule has 2 atom stereocenters. The Bertz CT molecular complexity index is 349. The van der Waals surface area contributed by atoms with E-state index in [1.54, 1.807) is 7.11 Å². The summed E-state index contributed by atoms with van der Waals surface area (Å²) in [5, 5.41) is 0. The number of methoxy groups -OCH3 is 1. The van der Waals surface area contributed by atoms with Crippen molar-refractivity contribution in [3.63, 3.8) is 0 Å². The molecule has 1 fully saturated rings. The van der Waals surface area contributed by atoms with Gasteiger partial charge in [0.1, 0.15) is 12.2 Å². The Morgan fingerprint density at radius 3 is 2.75 bits per heavy atom. The Morgan fingerprint density at radius 1 is 1.40 bits per heavy atom. The number of ether oxygens (including phenoxy) is 2. The third-order valence-corrected chi connectivity index (χ3v) is 3.90. The zero-order chi connectivity index (χ0) is 14.8. The molecule has 0 spiro atoms. The highest BCUT2D eigenvalue weighted by molar-refractivity contribution is 9.28. The van der Waals surface area contributed by atoms with Crippen molar-refractivity contribution < 1.29 is 14.3 Å². The first kappa shape index (κ1) is 17.9. The Hall–Kier alpha value is -0.130. The van der Waals surface area contributed by atoms with Crippen LogP contribution in [0.1, 0.15) is 44.9 Å². The molecule has 1 heterocycles. The van der Waals surface area contributed by atoms with Gasteiger partial charge in [-0.2, -0.15) is 0 Å². The topological polar surface area (TPSA) is 35.5 Å². The second-order valence-electron chi connectivity index (χ2n) is 4.83. The molecular weight excluding hydrogens is 388 g/mol. The van der Waals surface area contributed by atoms with Crippen LogP contribution in [0, 0.1) is 0 Å². The van der Waals surface area contributed by atoms with Gasteiger partial charge in [0.05, 0.1) is 3.39 Å². The lowest BCUT2D eigenvalue weighted by Crippen LogP contribution is -2.25. The molecule has 0 bridgehead atoms. The van der Waals surface area contributed by atoms with Crippen LogP contribution in [0.25, 0.3) is 0 Å². The van der Waals surface area contributed by atoms with Crippen LogP contribution in [0.2, 0.25) is 0 Å². The highest BCUT2D eigenvalue weighted by atomic mass is 79.9. The minimum absolute atomic E-state index is 0.103. The maximum atomic E-state index is 11.1. The molecule has 5 heteroatoms. The fourth-order valence-corrected chi connectivity index (χ4v) is 2.62. The molecule has 3 nitrogen and oxygen atoms in total. The van der Waals surface area contributed by atoms with Crippen molar-refractivity contribution >= 4 is 37.8 Å². The van der Waals surface area contributed by atoms with Crippen molar-refractivity contribution in [1.82, 2.24) is 0 Å². The number of halogens is 2. The highest BCUT2D eigenvalue weighted by Crippen LogP contribution is 2.20. The first-order valence-electron chi connectivity index (χ1n) is 7.03. The summed E-state index contributed by atoms with van der Waals surface area (Å²) in [6.45, 7) is 0. The Balaban J connectivity index is 2.13. The second-order valence-corrected chi connectivity index (χ2v) is 7.60. The Labute approximate surface area is 138 Å². The van der Waals surface area contributed by atoms with E-state index in [-0.39, 0.29) is 18.2 Å². The van der Waals surface area contributed by atoms with Crippen LogP contribution < -0.4 is 0 Å². The quantitative estimate of drug-likeness (QED) is 0.310. The predicted octanol–water partition coefficient (Wildman–Crippen LogP) is 4.84. The SMILES string of the molecule is CO[C@@H](/C=C/CCCCCC=C(Br)Br)[C@H]1CCC(=O)O1. The van der Waals surface area contributed by atoms with E-state index in [1.165, 1.54) is 19.3 Å². The van der Waals surface area contributed by atoms with Gasteiger partial charge in [-0.05, 0) is 64.0 Å². The highest BCUT2D eigenvalue weighted by Gasteiger charge is 2.29. The lowest BCUT2D eigenvalue weighted by Gasteiger charge is -2.17. The minimum atomic E-state index is -0.114. The number of hydrogen-bond acceptors (Lipinski definition) is 3. The lowest BCUT2D eigenvalue weighted by atomic mass is 10.1. The molecule has 1 rings (SSSR count). The molecule has 114 valence electrons. The summed E-state index contributed by atoms with van der Waals surface area (Å²) in [6, 6.07) is 0. The summed E-state index contributed by atoms with van der Waals surface area (Å²) in [4.78, 5) is 11.1. The summed E-state index contributed by atoms with van der Waals surface area (Å²) in [5.74, 6) is -0.114. The van der Waals surface area contributed by atoms with Crippen LogP contribution in [0.4, 0.5) is 0 Å². The summed E-state index contributed by atoms with van der Waals surface area (Å²) >= 11 is 6.69. The number of carbonyl (C=O) groups is 1. The van der Waals surface area contributed by atoms with Crippen molar-refractivity contribution in [3.05, 3.63) is 21.6 Å². The summed E-state index contributed by atoms with van der Waals surface area (Å²) in [7, 11) is 1.66. The molecule has 20 heavy (non-hydrogen) atoms. The molecule has 0 aromatic carbocycles. The third kappa shape index (κ3) is 7.60. The summed E-state index contributed by atoms with van der Waals surface area (Å²) < 4.78 is 11.6. The van der Waals surface area contributed by atoms with Crippen LogP contribution >= 0.6 is 31.9 Å². The van der Waals surface area contributed by atoms with E-state index < -0.39 is 0 Å². The normalized spacial score (nSPS) is 20.1. The molecule has 0 aromatic rings. The number of unbranched alkanes of at least 4 members (excludes halogenated alkanes) is 4. The molecular formula is C15H22Br2O3. The van der Waals surface area contributed by atoms with Crippen LogP contribution in [0.5, 0.6) is 0 Å². The van der Waals surface area contributed by atoms with Gasteiger partial charge < -0.3 is 9.47 Å². The van der Waals surface area contributed by atoms with E-state index >= 15 is 0 Å². The fourth-order valence-electron chi connectivity index (χ4n) is 2.16. The van der Waals surface area contributed by atoms with Gasteiger partial charge in [-0.3, -0.25) is 4.79 Å². The van der Waals surface area contributed by atoms with Crippen LogP contribution in [0.3, 0.4) is 0 Å². The average Bonchev–Trinajstić information content (AvgIpc) is 2.83. The Morgan fingerprint density at radius 2 is 2.15 bits per heavy atom. The minimum Gasteiger partial charge on any atom is -0.459 e. The van der Waals surface area contributed by atoms with E-state index in [2.05, 4.69) is 44.0 Å². The summed E-state index contributed by atoms with van der Waals surface area (Å²) in [5.41, 5.74) is 0. The maximum absolute atomic E-state index is 11.1. The van der Waals surface area contributed by atoms with Crippen LogP contribution in [0.15, 0.2) is 21.6 Å². The number of rotatable bonds is 9. The standard InChI is InChI=1S/C15H22Br2O3/c1-19-12(13-10-11-15(18)20-13)8-6-4-2-3-5-7-9-14(16)17/h6,8-9,12-13H,2-5,7,10-11H2,1H3/b8-6+/t12-,13+/m0/s1. The first-order chi connectivity index (χ1) is 9.63. The third-order valence-electron chi connectivity index (χ3n) is 3.25. The van der Waals surface area contributed by atoms with Gasteiger partial charge >= 0.3 is 5.97 Å². The van der Waals surface area contributed by atoms with Crippen molar-refractivity contribution in [1.29, 1.82) is 0 Å². The molecule has 1 aliphatic rings. The van der Waals surface area contributed by atoms with Crippen molar-refractivity contribution in [2.24, 2.45) is 0 Å². The van der Waals surface area contributed by atoms with E-state index in [1.807, 2.05) is 6.08 Å². The fraction of sp³-hybridized carbons (Fsp3) is 0.667. The van der Waals surface area contributed by atoms with Crippen molar-refractivity contribution in [2.45, 2.75) is 57.2 Å². The molecule has 0 N–H and O–H groups in total. The average molecular weight is 410 g/mol. The number of hydrogen-bond donors (Lipinski definition) is 0. The van der Waals surface area contributed by atoms with E-state index in [9.17, 15) is 4.79 Å². The second kappa shape index (κ2) is 10.6. The number of allylic oxidation sites excluding steroid dienone is 2. The summed E-state index contributed by atoms with van der Waals surface area (Å²) in [6.07, 6.45) is 13.1. The monoisotopic (exact) mass is 408 g/mol. The zero-order valence-corrected chi connectivity index (χ0v) is 15.0. The zero-order valence-electron chi connectivity index (χ0n) is 11.8. The molecule has 0 saturated carbocycles. The molecule has 1 saturated heterocycles.